The first-order valence-corrected chi connectivity index (χ1v) is 6.88. The van der Waals surface area contributed by atoms with Crippen LogP contribution < -0.4 is 5.32 Å². The van der Waals surface area contributed by atoms with Crippen molar-refractivity contribution in [3.05, 3.63) is 0 Å². The Morgan fingerprint density at radius 2 is 2.00 bits per heavy atom. The van der Waals surface area contributed by atoms with Gasteiger partial charge in [-0.1, -0.05) is 26.7 Å². The first kappa shape index (κ1) is 15.8. The standard InChI is InChI=1S/C13H24N2O4/c1-9(2)11(12(17)18)14-13(19)15-7-5-3-4-6-10(15)8-16/h9-11,16H,3-8H2,1-2H3,(H,14,19)(H,17,18)/t10?,11-/m0/s1. The largest absolute Gasteiger partial charge is 0.480 e. The van der Waals surface area contributed by atoms with Crippen molar-refractivity contribution in [3.63, 3.8) is 0 Å². The predicted molar refractivity (Wildman–Crippen MR) is 70.8 cm³/mol. The lowest BCUT2D eigenvalue weighted by Crippen LogP contribution is -2.53. The molecule has 2 amide bonds. The van der Waals surface area contributed by atoms with E-state index in [1.807, 2.05) is 0 Å². The Morgan fingerprint density at radius 3 is 2.53 bits per heavy atom. The Kier molecular flexibility index (Phi) is 6.08. The fourth-order valence-electron chi connectivity index (χ4n) is 2.36. The van der Waals surface area contributed by atoms with Crippen molar-refractivity contribution in [1.82, 2.24) is 10.2 Å². The van der Waals surface area contributed by atoms with Crippen LogP contribution in [0.1, 0.15) is 39.5 Å². The lowest BCUT2D eigenvalue weighted by atomic mass is 10.1. The summed E-state index contributed by atoms with van der Waals surface area (Å²) in [5.74, 6) is -1.21. The van der Waals surface area contributed by atoms with Crippen LogP contribution in [0, 0.1) is 5.92 Å². The highest BCUT2D eigenvalue weighted by Gasteiger charge is 2.29. The number of carboxylic acids is 1. The van der Waals surface area contributed by atoms with E-state index < -0.39 is 12.0 Å². The summed E-state index contributed by atoms with van der Waals surface area (Å²) in [5, 5.41) is 21.0. The Hall–Kier alpha value is -1.30. The summed E-state index contributed by atoms with van der Waals surface area (Å²) in [6, 6.07) is -1.48. The Labute approximate surface area is 113 Å². The minimum absolute atomic E-state index is 0.0766. The van der Waals surface area contributed by atoms with Gasteiger partial charge >= 0.3 is 12.0 Å². The maximum atomic E-state index is 12.2. The predicted octanol–water partition coefficient (Wildman–Crippen LogP) is 1.04. The molecule has 19 heavy (non-hydrogen) atoms. The molecule has 3 N–H and O–H groups in total. The van der Waals surface area contributed by atoms with E-state index in [0.717, 1.165) is 25.7 Å². The molecular weight excluding hydrogens is 248 g/mol. The van der Waals surface area contributed by atoms with Crippen LogP contribution in [-0.2, 0) is 4.79 Å². The number of nitrogens with one attached hydrogen (secondary N) is 1. The number of amides is 2. The van der Waals surface area contributed by atoms with Gasteiger partial charge in [0.25, 0.3) is 0 Å². The number of nitrogens with zero attached hydrogens (tertiary/aromatic N) is 1. The topological polar surface area (TPSA) is 89.9 Å². The van der Waals surface area contributed by atoms with Crippen LogP contribution in [-0.4, -0.2) is 52.3 Å². The van der Waals surface area contributed by atoms with Crippen LogP contribution >= 0.6 is 0 Å². The number of carbonyl (C=O) groups is 2. The highest BCUT2D eigenvalue weighted by molar-refractivity contribution is 5.83. The van der Waals surface area contributed by atoms with Crippen molar-refractivity contribution < 1.29 is 19.8 Å². The minimum Gasteiger partial charge on any atom is -0.480 e. The number of urea groups is 1. The number of hydrogen-bond acceptors (Lipinski definition) is 3. The first-order chi connectivity index (χ1) is 8.97. The van der Waals surface area contributed by atoms with Crippen molar-refractivity contribution in [3.8, 4) is 0 Å². The molecule has 0 aromatic heterocycles. The van der Waals surface area contributed by atoms with Crippen molar-refractivity contribution in [1.29, 1.82) is 0 Å². The third-order valence-corrected chi connectivity index (χ3v) is 3.56. The van der Waals surface area contributed by atoms with Gasteiger partial charge in [0.2, 0.25) is 0 Å². The number of carboxylic acid groups (broad SMARTS) is 1. The zero-order chi connectivity index (χ0) is 14.4. The molecule has 1 rings (SSSR count). The molecule has 0 bridgehead atoms. The minimum atomic E-state index is -1.03. The first-order valence-electron chi connectivity index (χ1n) is 6.88. The summed E-state index contributed by atoms with van der Waals surface area (Å²) in [5.41, 5.74) is 0. The fraction of sp³-hybridized carbons (Fsp3) is 0.846. The quantitative estimate of drug-likeness (QED) is 0.713. The van der Waals surface area contributed by atoms with Crippen molar-refractivity contribution >= 4 is 12.0 Å². The van der Waals surface area contributed by atoms with Gasteiger partial charge in [-0.3, -0.25) is 0 Å². The highest BCUT2D eigenvalue weighted by Crippen LogP contribution is 2.17. The third-order valence-electron chi connectivity index (χ3n) is 3.56. The van der Waals surface area contributed by atoms with Crippen LogP contribution in [0.25, 0.3) is 0 Å². The number of hydrogen-bond donors (Lipinski definition) is 3. The normalized spacial score (nSPS) is 21.9. The molecule has 6 nitrogen and oxygen atoms in total. The second kappa shape index (κ2) is 7.33. The van der Waals surface area contributed by atoms with Gasteiger partial charge in [0.1, 0.15) is 6.04 Å². The Balaban J connectivity index is 2.70. The van der Waals surface area contributed by atoms with Crippen LogP contribution in [0.2, 0.25) is 0 Å². The van der Waals surface area contributed by atoms with Gasteiger partial charge in [0.05, 0.1) is 12.6 Å². The van der Waals surface area contributed by atoms with Gasteiger partial charge in [-0.25, -0.2) is 9.59 Å². The van der Waals surface area contributed by atoms with Gasteiger partial charge in [-0.2, -0.15) is 0 Å². The molecule has 0 radical (unpaired) electrons. The number of aliphatic hydroxyl groups is 1. The zero-order valence-electron chi connectivity index (χ0n) is 11.6. The fourth-order valence-corrected chi connectivity index (χ4v) is 2.36. The molecule has 0 spiro atoms. The Morgan fingerprint density at radius 1 is 1.32 bits per heavy atom. The summed E-state index contributed by atoms with van der Waals surface area (Å²) >= 11 is 0. The van der Waals surface area contributed by atoms with E-state index >= 15 is 0 Å². The van der Waals surface area contributed by atoms with Crippen LogP contribution in [0.3, 0.4) is 0 Å². The summed E-state index contributed by atoms with van der Waals surface area (Å²) in [6.45, 7) is 4.00. The number of aliphatic carboxylic acids is 1. The van der Waals surface area contributed by atoms with E-state index in [4.69, 9.17) is 5.11 Å². The molecule has 1 aliphatic heterocycles. The van der Waals surface area contributed by atoms with Gasteiger partial charge in [-0.15, -0.1) is 0 Å². The van der Waals surface area contributed by atoms with E-state index in [-0.39, 0.29) is 24.6 Å². The maximum absolute atomic E-state index is 12.2. The number of rotatable bonds is 4. The van der Waals surface area contributed by atoms with E-state index in [1.54, 1.807) is 18.7 Å². The summed E-state index contributed by atoms with van der Waals surface area (Å²) < 4.78 is 0. The molecule has 1 heterocycles. The summed E-state index contributed by atoms with van der Waals surface area (Å²) in [4.78, 5) is 24.9. The molecule has 2 atom stereocenters. The second-order valence-corrected chi connectivity index (χ2v) is 5.39. The molecule has 1 fully saturated rings. The van der Waals surface area contributed by atoms with Crippen LogP contribution in [0.4, 0.5) is 4.79 Å². The van der Waals surface area contributed by atoms with E-state index in [9.17, 15) is 14.7 Å². The van der Waals surface area contributed by atoms with Gasteiger partial charge in [0.15, 0.2) is 0 Å². The maximum Gasteiger partial charge on any atom is 0.326 e. The monoisotopic (exact) mass is 272 g/mol. The molecule has 0 saturated carbocycles. The molecule has 1 saturated heterocycles. The molecule has 0 aromatic rings. The number of aliphatic hydroxyl groups excluding tert-OH is 1. The SMILES string of the molecule is CC(C)[C@H](NC(=O)N1CCCCCC1CO)C(=O)O. The van der Waals surface area contributed by atoms with Crippen molar-refractivity contribution in [2.45, 2.75) is 51.6 Å². The average Bonchev–Trinajstić information content (AvgIpc) is 2.59. The van der Waals surface area contributed by atoms with Gasteiger partial charge in [-0.05, 0) is 18.8 Å². The lowest BCUT2D eigenvalue weighted by molar-refractivity contribution is -0.140. The highest BCUT2D eigenvalue weighted by atomic mass is 16.4. The molecule has 1 aliphatic rings. The van der Waals surface area contributed by atoms with Crippen molar-refractivity contribution in [2.75, 3.05) is 13.2 Å². The van der Waals surface area contributed by atoms with Gasteiger partial charge in [0, 0.05) is 6.54 Å². The Bertz CT molecular complexity index is 320. The summed E-state index contributed by atoms with van der Waals surface area (Å²) in [7, 11) is 0. The molecule has 0 aliphatic carbocycles. The second-order valence-electron chi connectivity index (χ2n) is 5.39. The van der Waals surface area contributed by atoms with E-state index in [1.165, 1.54) is 0 Å². The van der Waals surface area contributed by atoms with Crippen LogP contribution in [0.15, 0.2) is 0 Å². The van der Waals surface area contributed by atoms with Gasteiger partial charge < -0.3 is 20.4 Å². The van der Waals surface area contributed by atoms with Crippen molar-refractivity contribution in [2.24, 2.45) is 5.92 Å². The molecule has 110 valence electrons. The molecular formula is C13H24N2O4. The smallest absolute Gasteiger partial charge is 0.326 e. The number of likely N-dealkylation sites (tertiary alicyclic amines) is 1. The lowest BCUT2D eigenvalue weighted by Gasteiger charge is -2.30. The average molecular weight is 272 g/mol. The number of carbonyl (C=O) groups excluding carboxylic acids is 1. The molecule has 1 unspecified atom stereocenters. The zero-order valence-corrected chi connectivity index (χ0v) is 11.6. The van der Waals surface area contributed by atoms with Crippen LogP contribution in [0.5, 0.6) is 0 Å². The molecule has 6 heteroatoms. The molecule has 0 aromatic carbocycles. The summed E-state index contributed by atoms with van der Waals surface area (Å²) in [6.07, 6.45) is 3.68. The third kappa shape index (κ3) is 4.38. The van der Waals surface area contributed by atoms with E-state index in [2.05, 4.69) is 5.32 Å². The van der Waals surface area contributed by atoms with E-state index in [0.29, 0.717) is 6.54 Å².